The number of aryl methyl sites for hydroxylation is 1. The maximum absolute atomic E-state index is 12.9. The van der Waals surface area contributed by atoms with E-state index in [1.165, 1.54) is 37.4 Å². The summed E-state index contributed by atoms with van der Waals surface area (Å²) in [4.78, 5) is 12.5. The Bertz CT molecular complexity index is 1180. The van der Waals surface area contributed by atoms with Crippen LogP contribution in [0.15, 0.2) is 65.6 Å². The first-order valence-electron chi connectivity index (χ1n) is 8.74. The van der Waals surface area contributed by atoms with Crippen molar-refractivity contribution in [2.24, 2.45) is 0 Å². The minimum absolute atomic E-state index is 0.0712. The predicted molar refractivity (Wildman–Crippen MR) is 119 cm³/mol. The highest BCUT2D eigenvalue weighted by Gasteiger charge is 2.20. The van der Waals surface area contributed by atoms with Crippen molar-refractivity contribution >= 4 is 50.5 Å². The number of anilines is 2. The molecule has 0 unspecified atom stereocenters. The van der Waals surface area contributed by atoms with Crippen molar-refractivity contribution in [1.29, 1.82) is 0 Å². The second kappa shape index (κ2) is 8.95. The number of amides is 1. The minimum Gasteiger partial charge on any atom is -0.495 e. The lowest BCUT2D eigenvalue weighted by Crippen LogP contribution is -2.16. The molecule has 0 atom stereocenters. The molecule has 0 radical (unpaired) electrons. The normalized spacial score (nSPS) is 11.1. The number of hydrogen-bond acceptors (Lipinski definition) is 4. The second-order valence-electron chi connectivity index (χ2n) is 6.38. The standard InChI is InChI=1S/C21H18Cl2N2O4S/c1-13-6-8-14(9-7-13)21(26)24-18-12-15(10-11-19(18)29-2)30(27,28)25-20-16(22)4-3-5-17(20)23/h3-12,25H,1-2H3,(H,24,26). The van der Waals surface area contributed by atoms with Crippen LogP contribution < -0.4 is 14.8 Å². The molecule has 30 heavy (non-hydrogen) atoms. The maximum Gasteiger partial charge on any atom is 0.262 e. The topological polar surface area (TPSA) is 84.5 Å². The van der Waals surface area contributed by atoms with Crippen LogP contribution in [0.5, 0.6) is 5.75 Å². The molecule has 3 aromatic rings. The first-order chi connectivity index (χ1) is 14.2. The van der Waals surface area contributed by atoms with E-state index in [0.717, 1.165) is 5.56 Å². The van der Waals surface area contributed by atoms with Crippen LogP contribution in [-0.2, 0) is 10.0 Å². The van der Waals surface area contributed by atoms with Crippen LogP contribution in [0, 0.1) is 6.92 Å². The summed E-state index contributed by atoms with van der Waals surface area (Å²) < 4.78 is 33.4. The quantitative estimate of drug-likeness (QED) is 0.513. The molecule has 0 heterocycles. The van der Waals surface area contributed by atoms with Gasteiger partial charge < -0.3 is 10.1 Å². The third-order valence-corrected chi connectivity index (χ3v) is 6.22. The third kappa shape index (κ3) is 4.87. The molecule has 0 saturated carbocycles. The Morgan fingerprint density at radius 2 is 1.60 bits per heavy atom. The molecule has 1 amide bonds. The van der Waals surface area contributed by atoms with Gasteiger partial charge in [0.1, 0.15) is 5.75 Å². The fourth-order valence-electron chi connectivity index (χ4n) is 2.64. The van der Waals surface area contributed by atoms with Crippen LogP contribution in [-0.4, -0.2) is 21.4 Å². The number of benzene rings is 3. The SMILES string of the molecule is COc1ccc(S(=O)(=O)Nc2c(Cl)cccc2Cl)cc1NC(=O)c1ccc(C)cc1. The Hall–Kier alpha value is -2.74. The summed E-state index contributed by atoms with van der Waals surface area (Å²) in [5.41, 5.74) is 1.72. The average Bonchev–Trinajstić information content (AvgIpc) is 2.71. The Morgan fingerprint density at radius 3 is 2.20 bits per heavy atom. The molecule has 2 N–H and O–H groups in total. The van der Waals surface area contributed by atoms with Gasteiger partial charge in [-0.2, -0.15) is 0 Å². The Morgan fingerprint density at radius 1 is 0.967 bits per heavy atom. The summed E-state index contributed by atoms with van der Waals surface area (Å²) in [6, 6.07) is 15.7. The van der Waals surface area contributed by atoms with Crippen molar-refractivity contribution in [3.63, 3.8) is 0 Å². The number of halogens is 2. The van der Waals surface area contributed by atoms with E-state index in [1.54, 1.807) is 18.2 Å². The third-order valence-electron chi connectivity index (χ3n) is 4.24. The molecule has 6 nitrogen and oxygen atoms in total. The lowest BCUT2D eigenvalue weighted by molar-refractivity contribution is 0.102. The molecule has 3 rings (SSSR count). The van der Waals surface area contributed by atoms with Gasteiger partial charge >= 0.3 is 0 Å². The molecule has 0 saturated heterocycles. The van der Waals surface area contributed by atoms with E-state index in [-0.39, 0.29) is 26.3 Å². The van der Waals surface area contributed by atoms with Gasteiger partial charge in [-0.1, -0.05) is 47.0 Å². The van der Waals surface area contributed by atoms with E-state index in [4.69, 9.17) is 27.9 Å². The van der Waals surface area contributed by atoms with Gasteiger partial charge in [0, 0.05) is 5.56 Å². The van der Waals surface area contributed by atoms with Gasteiger partial charge in [0.05, 0.1) is 33.4 Å². The lowest BCUT2D eigenvalue weighted by atomic mass is 10.1. The fraction of sp³-hybridized carbons (Fsp3) is 0.0952. The van der Waals surface area contributed by atoms with Crippen LogP contribution in [0.2, 0.25) is 10.0 Å². The van der Waals surface area contributed by atoms with Crippen LogP contribution in [0.4, 0.5) is 11.4 Å². The Balaban J connectivity index is 1.93. The van der Waals surface area contributed by atoms with Crippen molar-refractivity contribution in [2.45, 2.75) is 11.8 Å². The number of hydrogen-bond donors (Lipinski definition) is 2. The van der Waals surface area contributed by atoms with Gasteiger partial charge in [0.25, 0.3) is 15.9 Å². The number of sulfonamides is 1. The second-order valence-corrected chi connectivity index (χ2v) is 8.88. The number of methoxy groups -OCH3 is 1. The van der Waals surface area contributed by atoms with Crippen molar-refractivity contribution in [1.82, 2.24) is 0 Å². The summed E-state index contributed by atoms with van der Waals surface area (Å²) in [5.74, 6) is -0.0878. The van der Waals surface area contributed by atoms with E-state index >= 15 is 0 Å². The molecule has 0 aromatic heterocycles. The lowest BCUT2D eigenvalue weighted by Gasteiger charge is -2.14. The molecule has 0 aliphatic carbocycles. The molecule has 3 aromatic carbocycles. The summed E-state index contributed by atoms with van der Waals surface area (Å²) in [6.07, 6.45) is 0. The minimum atomic E-state index is -4.04. The molecule has 9 heteroatoms. The van der Waals surface area contributed by atoms with Crippen LogP contribution in [0.1, 0.15) is 15.9 Å². The van der Waals surface area contributed by atoms with Crippen LogP contribution >= 0.6 is 23.2 Å². The van der Waals surface area contributed by atoms with Crippen LogP contribution in [0.25, 0.3) is 0 Å². The molecular formula is C21H18Cl2N2O4S. The number of carbonyl (C=O) groups is 1. The van der Waals surface area contributed by atoms with E-state index in [0.29, 0.717) is 11.3 Å². The van der Waals surface area contributed by atoms with Crippen molar-refractivity contribution in [3.8, 4) is 5.75 Å². The van der Waals surface area contributed by atoms with Gasteiger partial charge in [-0.15, -0.1) is 0 Å². The molecule has 0 spiro atoms. The van der Waals surface area contributed by atoms with Gasteiger partial charge in [-0.05, 0) is 49.4 Å². The van der Waals surface area contributed by atoms with Crippen molar-refractivity contribution in [2.75, 3.05) is 17.1 Å². The highest BCUT2D eigenvalue weighted by atomic mass is 35.5. The highest BCUT2D eigenvalue weighted by molar-refractivity contribution is 7.92. The van der Waals surface area contributed by atoms with Gasteiger partial charge in [-0.25, -0.2) is 8.42 Å². The smallest absolute Gasteiger partial charge is 0.262 e. The van der Waals surface area contributed by atoms with Crippen molar-refractivity contribution in [3.05, 3.63) is 81.8 Å². The van der Waals surface area contributed by atoms with E-state index in [9.17, 15) is 13.2 Å². The van der Waals surface area contributed by atoms with E-state index < -0.39 is 15.9 Å². The van der Waals surface area contributed by atoms with E-state index in [2.05, 4.69) is 10.0 Å². The summed E-state index contributed by atoms with van der Waals surface area (Å²) in [5, 5.41) is 3.01. The Kier molecular flexibility index (Phi) is 6.55. The maximum atomic E-state index is 12.9. The molecule has 0 aliphatic rings. The fourth-order valence-corrected chi connectivity index (χ4v) is 4.37. The van der Waals surface area contributed by atoms with Gasteiger partial charge in [0.2, 0.25) is 0 Å². The molecule has 0 aliphatic heterocycles. The first-order valence-corrected chi connectivity index (χ1v) is 11.0. The van der Waals surface area contributed by atoms with Gasteiger partial charge in [-0.3, -0.25) is 9.52 Å². The molecule has 0 fully saturated rings. The number of carbonyl (C=O) groups excluding carboxylic acids is 1. The number of para-hydroxylation sites is 1. The zero-order valence-electron chi connectivity index (χ0n) is 16.1. The molecule has 156 valence electrons. The summed E-state index contributed by atoms with van der Waals surface area (Å²) in [6.45, 7) is 1.91. The number of rotatable bonds is 6. The number of nitrogens with one attached hydrogen (secondary N) is 2. The molecular weight excluding hydrogens is 447 g/mol. The van der Waals surface area contributed by atoms with Crippen LogP contribution in [0.3, 0.4) is 0 Å². The largest absolute Gasteiger partial charge is 0.495 e. The van der Waals surface area contributed by atoms with Gasteiger partial charge in [0.15, 0.2) is 0 Å². The zero-order chi connectivity index (χ0) is 21.9. The first kappa shape index (κ1) is 22.0. The summed E-state index contributed by atoms with van der Waals surface area (Å²) >= 11 is 12.1. The summed E-state index contributed by atoms with van der Waals surface area (Å²) in [7, 11) is -2.61. The average molecular weight is 465 g/mol. The van der Waals surface area contributed by atoms with E-state index in [1.807, 2.05) is 19.1 Å². The zero-order valence-corrected chi connectivity index (χ0v) is 18.4. The predicted octanol–water partition coefficient (Wildman–Crippen LogP) is 5.36. The monoisotopic (exact) mass is 464 g/mol. The van der Waals surface area contributed by atoms with Crippen molar-refractivity contribution < 1.29 is 17.9 Å². The number of ether oxygens (including phenoxy) is 1. The highest BCUT2D eigenvalue weighted by Crippen LogP contribution is 2.33. The molecule has 0 bridgehead atoms. The Labute approximate surface area is 184 Å².